The third-order valence-corrected chi connectivity index (χ3v) is 2.38. The van der Waals surface area contributed by atoms with E-state index < -0.39 is 23.8 Å². The van der Waals surface area contributed by atoms with E-state index in [0.29, 0.717) is 0 Å². The number of hydrogen-bond donors (Lipinski definition) is 1. The normalized spacial score (nSPS) is 11.5. The first-order valence-electron chi connectivity index (χ1n) is 6.15. The Morgan fingerprint density at radius 3 is 2.21 bits per heavy atom. The maximum Gasteiger partial charge on any atom is 0.333 e. The van der Waals surface area contributed by atoms with E-state index in [9.17, 15) is 14.4 Å². The van der Waals surface area contributed by atoms with Gasteiger partial charge in [-0.25, -0.2) is 4.79 Å². The van der Waals surface area contributed by atoms with E-state index in [1.165, 1.54) is 0 Å². The fourth-order valence-electron chi connectivity index (χ4n) is 1.47. The molecule has 0 heterocycles. The van der Waals surface area contributed by atoms with Crippen molar-refractivity contribution in [3.05, 3.63) is 12.2 Å². The molecule has 108 valence electrons. The van der Waals surface area contributed by atoms with Crippen LogP contribution in [0, 0.1) is 5.92 Å². The minimum atomic E-state index is -1.00. The van der Waals surface area contributed by atoms with Gasteiger partial charge in [-0.05, 0) is 26.7 Å². The SMILES string of the molecule is C=C(CC(CCC(=O)O)C(=O)OCC)C(=O)OCC. The van der Waals surface area contributed by atoms with Gasteiger partial charge in [0, 0.05) is 12.0 Å². The average molecular weight is 272 g/mol. The molecule has 19 heavy (non-hydrogen) atoms. The number of carbonyl (C=O) groups is 3. The summed E-state index contributed by atoms with van der Waals surface area (Å²) in [7, 11) is 0. The van der Waals surface area contributed by atoms with Gasteiger partial charge in [0.25, 0.3) is 0 Å². The summed E-state index contributed by atoms with van der Waals surface area (Å²) in [6.45, 7) is 7.30. The highest BCUT2D eigenvalue weighted by Crippen LogP contribution is 2.19. The highest BCUT2D eigenvalue weighted by atomic mass is 16.5. The van der Waals surface area contributed by atoms with E-state index in [-0.39, 0.29) is 38.0 Å². The number of hydrogen-bond acceptors (Lipinski definition) is 5. The second-order valence-electron chi connectivity index (χ2n) is 3.91. The largest absolute Gasteiger partial charge is 0.481 e. The molecular weight excluding hydrogens is 252 g/mol. The molecule has 0 spiro atoms. The molecule has 0 aliphatic carbocycles. The second-order valence-corrected chi connectivity index (χ2v) is 3.91. The van der Waals surface area contributed by atoms with Gasteiger partial charge in [0.15, 0.2) is 0 Å². The maximum absolute atomic E-state index is 11.7. The van der Waals surface area contributed by atoms with Gasteiger partial charge in [0.2, 0.25) is 0 Å². The predicted molar refractivity (Wildman–Crippen MR) is 67.4 cm³/mol. The van der Waals surface area contributed by atoms with E-state index in [4.69, 9.17) is 14.6 Å². The molecule has 0 aromatic carbocycles. The summed E-state index contributed by atoms with van der Waals surface area (Å²) in [6, 6.07) is 0. The van der Waals surface area contributed by atoms with Crippen molar-refractivity contribution in [3.8, 4) is 0 Å². The molecular formula is C13H20O6. The Kier molecular flexibility index (Phi) is 8.24. The van der Waals surface area contributed by atoms with Crippen molar-refractivity contribution in [1.82, 2.24) is 0 Å². The van der Waals surface area contributed by atoms with Crippen molar-refractivity contribution in [1.29, 1.82) is 0 Å². The van der Waals surface area contributed by atoms with Crippen LogP contribution in [-0.4, -0.2) is 36.2 Å². The van der Waals surface area contributed by atoms with Crippen LogP contribution in [-0.2, 0) is 23.9 Å². The van der Waals surface area contributed by atoms with E-state index in [0.717, 1.165) is 0 Å². The molecule has 0 saturated carbocycles. The molecule has 6 nitrogen and oxygen atoms in total. The van der Waals surface area contributed by atoms with E-state index in [2.05, 4.69) is 6.58 Å². The monoisotopic (exact) mass is 272 g/mol. The number of esters is 2. The van der Waals surface area contributed by atoms with E-state index >= 15 is 0 Å². The lowest BCUT2D eigenvalue weighted by Crippen LogP contribution is -2.21. The van der Waals surface area contributed by atoms with Gasteiger partial charge in [-0.3, -0.25) is 9.59 Å². The Labute approximate surface area is 112 Å². The molecule has 0 amide bonds. The molecule has 1 N–H and O–H groups in total. The van der Waals surface area contributed by atoms with Crippen LogP contribution in [0.2, 0.25) is 0 Å². The molecule has 0 saturated heterocycles. The molecule has 0 radical (unpaired) electrons. The number of rotatable bonds is 9. The summed E-state index contributed by atoms with van der Waals surface area (Å²) in [5, 5.41) is 8.64. The van der Waals surface area contributed by atoms with Crippen molar-refractivity contribution in [2.24, 2.45) is 5.92 Å². The topological polar surface area (TPSA) is 89.9 Å². The molecule has 0 aromatic heterocycles. The predicted octanol–water partition coefficient (Wildman–Crippen LogP) is 1.54. The smallest absolute Gasteiger partial charge is 0.333 e. The van der Waals surface area contributed by atoms with Gasteiger partial charge in [-0.2, -0.15) is 0 Å². The van der Waals surface area contributed by atoms with Crippen LogP contribution in [0.25, 0.3) is 0 Å². The van der Waals surface area contributed by atoms with E-state index in [1.807, 2.05) is 0 Å². The van der Waals surface area contributed by atoms with Gasteiger partial charge in [0.05, 0.1) is 19.1 Å². The summed E-state index contributed by atoms with van der Waals surface area (Å²) >= 11 is 0. The summed E-state index contributed by atoms with van der Waals surface area (Å²) in [5.74, 6) is -2.79. The number of carboxylic acids is 1. The number of carboxylic acid groups (broad SMARTS) is 1. The summed E-state index contributed by atoms with van der Waals surface area (Å²) < 4.78 is 9.61. The van der Waals surface area contributed by atoms with Crippen LogP contribution in [0.15, 0.2) is 12.2 Å². The molecule has 0 rings (SSSR count). The lowest BCUT2D eigenvalue weighted by Gasteiger charge is -2.15. The van der Waals surface area contributed by atoms with Crippen molar-refractivity contribution in [2.75, 3.05) is 13.2 Å². The Morgan fingerprint density at radius 1 is 1.16 bits per heavy atom. The molecule has 6 heteroatoms. The van der Waals surface area contributed by atoms with Crippen LogP contribution in [0.5, 0.6) is 0 Å². The zero-order valence-electron chi connectivity index (χ0n) is 11.3. The third kappa shape index (κ3) is 7.23. The van der Waals surface area contributed by atoms with Gasteiger partial charge in [-0.1, -0.05) is 6.58 Å². The molecule has 0 aliphatic heterocycles. The lowest BCUT2D eigenvalue weighted by atomic mass is 9.95. The zero-order valence-corrected chi connectivity index (χ0v) is 11.3. The molecule has 0 aliphatic rings. The fourth-order valence-corrected chi connectivity index (χ4v) is 1.47. The van der Waals surface area contributed by atoms with Crippen LogP contribution < -0.4 is 0 Å². The van der Waals surface area contributed by atoms with Crippen molar-refractivity contribution < 1.29 is 29.0 Å². The Balaban J connectivity index is 4.56. The van der Waals surface area contributed by atoms with Crippen molar-refractivity contribution in [2.45, 2.75) is 33.1 Å². The van der Waals surface area contributed by atoms with Gasteiger partial charge in [-0.15, -0.1) is 0 Å². The lowest BCUT2D eigenvalue weighted by molar-refractivity contribution is -0.148. The minimum absolute atomic E-state index is 0.0466. The highest BCUT2D eigenvalue weighted by Gasteiger charge is 2.24. The van der Waals surface area contributed by atoms with Gasteiger partial charge < -0.3 is 14.6 Å². The second kappa shape index (κ2) is 9.13. The van der Waals surface area contributed by atoms with Crippen molar-refractivity contribution in [3.63, 3.8) is 0 Å². The maximum atomic E-state index is 11.7. The summed E-state index contributed by atoms with van der Waals surface area (Å²) in [6.07, 6.45) is -0.0167. The van der Waals surface area contributed by atoms with Crippen LogP contribution in [0.4, 0.5) is 0 Å². The summed E-state index contributed by atoms with van der Waals surface area (Å²) in [4.78, 5) is 33.6. The highest BCUT2D eigenvalue weighted by molar-refractivity contribution is 5.88. The van der Waals surface area contributed by atoms with Crippen molar-refractivity contribution >= 4 is 17.9 Å². The summed E-state index contributed by atoms with van der Waals surface area (Å²) in [5.41, 5.74) is 0.144. The Morgan fingerprint density at radius 2 is 1.74 bits per heavy atom. The Hall–Kier alpha value is -1.85. The first-order valence-corrected chi connectivity index (χ1v) is 6.15. The number of carbonyl (C=O) groups excluding carboxylic acids is 2. The standard InChI is InChI=1S/C13H20O6/c1-4-18-12(16)9(3)8-10(6-7-11(14)15)13(17)19-5-2/h10H,3-8H2,1-2H3,(H,14,15). The fraction of sp³-hybridized carbons (Fsp3) is 0.615. The Bertz CT molecular complexity index is 347. The minimum Gasteiger partial charge on any atom is -0.481 e. The third-order valence-electron chi connectivity index (χ3n) is 2.38. The molecule has 0 fully saturated rings. The molecule has 0 aromatic rings. The molecule has 1 atom stereocenters. The van der Waals surface area contributed by atoms with Gasteiger partial charge >= 0.3 is 17.9 Å². The molecule has 0 bridgehead atoms. The average Bonchev–Trinajstić information content (AvgIpc) is 2.34. The van der Waals surface area contributed by atoms with E-state index in [1.54, 1.807) is 13.8 Å². The molecule has 1 unspecified atom stereocenters. The quantitative estimate of drug-likeness (QED) is 0.506. The number of aliphatic carboxylic acids is 1. The number of ether oxygens (including phenoxy) is 2. The first kappa shape index (κ1) is 17.2. The first-order chi connectivity index (χ1) is 8.92. The van der Waals surface area contributed by atoms with Gasteiger partial charge in [0.1, 0.15) is 0 Å². The van der Waals surface area contributed by atoms with Crippen LogP contribution in [0.3, 0.4) is 0 Å². The van der Waals surface area contributed by atoms with Crippen LogP contribution in [0.1, 0.15) is 33.1 Å². The zero-order chi connectivity index (χ0) is 14.8. The van der Waals surface area contributed by atoms with Crippen LogP contribution >= 0.6 is 0 Å².